The van der Waals surface area contributed by atoms with Crippen LogP contribution in [0.5, 0.6) is 0 Å². The minimum absolute atomic E-state index is 0.186. The van der Waals surface area contributed by atoms with Crippen molar-refractivity contribution in [2.24, 2.45) is 10.8 Å². The minimum Gasteiger partial charge on any atom is -0.382 e. The first kappa shape index (κ1) is 15.7. The van der Waals surface area contributed by atoms with Crippen molar-refractivity contribution in [3.63, 3.8) is 0 Å². The summed E-state index contributed by atoms with van der Waals surface area (Å²) < 4.78 is 1.64. The van der Waals surface area contributed by atoms with E-state index in [4.69, 9.17) is 21.7 Å². The second-order valence-electron chi connectivity index (χ2n) is 3.43. The lowest BCUT2D eigenvalue weighted by atomic mass is 10.1. The van der Waals surface area contributed by atoms with Gasteiger partial charge in [-0.2, -0.15) is 15.6 Å². The van der Waals surface area contributed by atoms with E-state index in [0.29, 0.717) is 11.3 Å². The molecule has 0 atom stereocenters. The molecule has 1 aromatic carbocycles. The average molecular weight is 478 g/mol. The fraction of sp³-hybridized carbons (Fsp3) is 0.0909. The zero-order valence-electron chi connectivity index (χ0n) is 9.75. The number of nitrogens with one attached hydrogen (secondary N) is 2. The molecule has 0 spiro atoms. The molecular formula is C11H8I2N6. The third-order valence-corrected chi connectivity index (χ3v) is 4.42. The summed E-state index contributed by atoms with van der Waals surface area (Å²) in [6.07, 6.45) is 0. The van der Waals surface area contributed by atoms with Crippen molar-refractivity contribution >= 4 is 62.4 Å². The molecule has 0 aromatic heterocycles. The van der Waals surface area contributed by atoms with Crippen LogP contribution in [-0.2, 0) is 0 Å². The van der Waals surface area contributed by atoms with Crippen LogP contribution in [0, 0.1) is 42.1 Å². The van der Waals surface area contributed by atoms with E-state index in [2.05, 4.69) is 61.8 Å². The van der Waals surface area contributed by atoms with Crippen LogP contribution in [0.4, 0.5) is 5.69 Å². The van der Waals surface area contributed by atoms with Gasteiger partial charge in [-0.1, -0.05) is 0 Å². The summed E-state index contributed by atoms with van der Waals surface area (Å²) >= 11 is 4.17. The number of hydrazone groups is 1. The molecule has 0 unspecified atom stereocenters. The molecule has 0 aliphatic rings. The molecule has 0 aliphatic heterocycles. The predicted molar refractivity (Wildman–Crippen MR) is 89.9 cm³/mol. The Bertz CT molecular complexity index is 651. The molecule has 0 amide bonds. The number of nitrogens with two attached hydrogens (primary N) is 1. The Labute approximate surface area is 137 Å². The van der Waals surface area contributed by atoms with E-state index in [1.807, 2.05) is 6.92 Å². The number of nitriles is 2. The topological polar surface area (TPSA) is 122 Å². The predicted octanol–water partition coefficient (Wildman–Crippen LogP) is 2.30. The fourth-order valence-corrected chi connectivity index (χ4v) is 3.11. The van der Waals surface area contributed by atoms with E-state index >= 15 is 0 Å². The highest BCUT2D eigenvalue weighted by molar-refractivity contribution is 14.1. The first-order valence-corrected chi connectivity index (χ1v) is 7.05. The highest BCUT2D eigenvalue weighted by atomic mass is 127. The molecule has 0 fully saturated rings. The van der Waals surface area contributed by atoms with Gasteiger partial charge in [-0.15, -0.1) is 0 Å². The number of rotatable bonds is 3. The molecule has 0 heterocycles. The SMILES string of the molecule is Cc1c(C#N)cc(I)c(N/N=C(\C#N)C(=N)N)c1I. The summed E-state index contributed by atoms with van der Waals surface area (Å²) in [5, 5.41) is 28.7. The third kappa shape index (κ3) is 3.54. The lowest BCUT2D eigenvalue weighted by molar-refractivity contribution is 1.27. The number of hydrogen-bond acceptors (Lipinski definition) is 5. The molecular weight excluding hydrogens is 470 g/mol. The summed E-state index contributed by atoms with van der Waals surface area (Å²) in [7, 11) is 0. The van der Waals surface area contributed by atoms with Gasteiger partial charge in [-0.3, -0.25) is 10.8 Å². The van der Waals surface area contributed by atoms with Gasteiger partial charge >= 0.3 is 0 Å². The Hall–Kier alpha value is -1.40. The number of anilines is 1. The smallest absolute Gasteiger partial charge is 0.201 e. The normalized spacial score (nSPS) is 10.5. The lowest BCUT2D eigenvalue weighted by Gasteiger charge is -2.11. The summed E-state index contributed by atoms with van der Waals surface area (Å²) in [5.41, 5.74) is 9.86. The first-order valence-electron chi connectivity index (χ1n) is 4.89. The van der Waals surface area contributed by atoms with Crippen molar-refractivity contribution < 1.29 is 0 Å². The highest BCUT2D eigenvalue weighted by Crippen LogP contribution is 2.30. The molecule has 96 valence electrons. The Kier molecular flexibility index (Phi) is 5.50. The Morgan fingerprint density at radius 2 is 2.11 bits per heavy atom. The number of amidine groups is 1. The van der Waals surface area contributed by atoms with Gasteiger partial charge in [-0.05, 0) is 63.7 Å². The summed E-state index contributed by atoms with van der Waals surface area (Å²) in [6.45, 7) is 1.83. The summed E-state index contributed by atoms with van der Waals surface area (Å²) in [6, 6.07) is 5.58. The van der Waals surface area contributed by atoms with Crippen molar-refractivity contribution in [3.05, 3.63) is 24.3 Å². The quantitative estimate of drug-likeness (QED) is 0.267. The molecule has 0 bridgehead atoms. The molecule has 1 rings (SSSR count). The molecule has 1 aromatic rings. The van der Waals surface area contributed by atoms with Gasteiger partial charge in [-0.25, -0.2) is 0 Å². The Balaban J connectivity index is 3.25. The molecule has 0 aliphatic carbocycles. The van der Waals surface area contributed by atoms with Crippen molar-refractivity contribution in [1.29, 1.82) is 15.9 Å². The van der Waals surface area contributed by atoms with Crippen LogP contribution >= 0.6 is 45.2 Å². The van der Waals surface area contributed by atoms with Gasteiger partial charge < -0.3 is 5.73 Å². The van der Waals surface area contributed by atoms with Gasteiger partial charge in [0, 0.05) is 7.14 Å². The molecule has 0 saturated carbocycles. The number of nitrogens with zero attached hydrogens (tertiary/aromatic N) is 3. The van der Waals surface area contributed by atoms with Crippen LogP contribution in [0.25, 0.3) is 0 Å². The fourth-order valence-electron chi connectivity index (χ4n) is 1.19. The molecule has 4 N–H and O–H groups in total. The molecule has 19 heavy (non-hydrogen) atoms. The van der Waals surface area contributed by atoms with Gasteiger partial charge in [0.2, 0.25) is 5.71 Å². The van der Waals surface area contributed by atoms with Gasteiger partial charge in [0.1, 0.15) is 6.07 Å². The maximum absolute atomic E-state index is 8.99. The van der Waals surface area contributed by atoms with E-state index in [0.717, 1.165) is 12.7 Å². The zero-order valence-corrected chi connectivity index (χ0v) is 14.1. The zero-order chi connectivity index (χ0) is 14.6. The number of benzene rings is 1. The van der Waals surface area contributed by atoms with E-state index in [-0.39, 0.29) is 5.71 Å². The molecule has 0 radical (unpaired) electrons. The minimum atomic E-state index is -0.398. The van der Waals surface area contributed by atoms with Crippen molar-refractivity contribution in [2.45, 2.75) is 6.92 Å². The van der Waals surface area contributed by atoms with E-state index in [1.165, 1.54) is 0 Å². The Morgan fingerprint density at radius 3 is 2.58 bits per heavy atom. The largest absolute Gasteiger partial charge is 0.382 e. The van der Waals surface area contributed by atoms with E-state index < -0.39 is 5.84 Å². The van der Waals surface area contributed by atoms with Gasteiger partial charge in [0.25, 0.3) is 0 Å². The van der Waals surface area contributed by atoms with Crippen molar-refractivity contribution in [2.75, 3.05) is 5.43 Å². The van der Waals surface area contributed by atoms with Crippen molar-refractivity contribution in [3.8, 4) is 12.1 Å². The first-order chi connectivity index (χ1) is 8.92. The molecule has 0 saturated heterocycles. The monoisotopic (exact) mass is 478 g/mol. The standard InChI is InChI=1S/C11H8I2N6/c1-5-6(3-14)2-7(12)10(9(5)13)19-18-8(4-15)11(16)17/h2,19H,1H3,(H3,16,17)/b18-8+. The maximum atomic E-state index is 8.99. The summed E-state index contributed by atoms with van der Waals surface area (Å²) in [4.78, 5) is 0. The van der Waals surface area contributed by atoms with Gasteiger partial charge in [0.05, 0.1) is 17.3 Å². The van der Waals surface area contributed by atoms with Gasteiger partial charge in [0.15, 0.2) is 5.84 Å². The van der Waals surface area contributed by atoms with Crippen molar-refractivity contribution in [1.82, 2.24) is 0 Å². The van der Waals surface area contributed by atoms with Crippen LogP contribution in [0.15, 0.2) is 11.2 Å². The maximum Gasteiger partial charge on any atom is 0.201 e. The average Bonchev–Trinajstić information content (AvgIpc) is 2.37. The van der Waals surface area contributed by atoms with Crippen LogP contribution in [-0.4, -0.2) is 11.5 Å². The van der Waals surface area contributed by atoms with Crippen LogP contribution in [0.2, 0.25) is 0 Å². The van der Waals surface area contributed by atoms with E-state index in [1.54, 1.807) is 12.1 Å². The van der Waals surface area contributed by atoms with E-state index in [9.17, 15) is 0 Å². The van der Waals surface area contributed by atoms with Crippen LogP contribution in [0.1, 0.15) is 11.1 Å². The second-order valence-corrected chi connectivity index (χ2v) is 5.67. The van der Waals surface area contributed by atoms with Crippen LogP contribution in [0.3, 0.4) is 0 Å². The summed E-state index contributed by atoms with van der Waals surface area (Å²) in [5.74, 6) is -0.398. The second kappa shape index (κ2) is 6.68. The lowest BCUT2D eigenvalue weighted by Crippen LogP contribution is -2.22. The molecule has 8 heteroatoms. The third-order valence-electron chi connectivity index (χ3n) is 2.22. The molecule has 6 nitrogen and oxygen atoms in total. The number of hydrogen-bond donors (Lipinski definition) is 3. The number of halogens is 2. The Morgan fingerprint density at radius 1 is 1.47 bits per heavy atom. The van der Waals surface area contributed by atoms with Crippen LogP contribution < -0.4 is 11.2 Å². The highest BCUT2D eigenvalue weighted by Gasteiger charge is 2.12.